The molecule has 0 bridgehead atoms. The van der Waals surface area contributed by atoms with Gasteiger partial charge in [-0.1, -0.05) is 11.6 Å². The average molecular weight is 248 g/mol. The van der Waals surface area contributed by atoms with Crippen LogP contribution >= 0.6 is 11.6 Å². The van der Waals surface area contributed by atoms with E-state index in [1.54, 1.807) is 6.07 Å². The van der Waals surface area contributed by atoms with E-state index in [0.717, 1.165) is 0 Å². The van der Waals surface area contributed by atoms with E-state index in [-0.39, 0.29) is 6.54 Å². The zero-order valence-electron chi connectivity index (χ0n) is 9.33. The minimum Gasteiger partial charge on any atom is -0.495 e. The minimum atomic E-state index is 0.198. The number of ether oxygens (including phenoxy) is 3. The Kier molecular flexibility index (Phi) is 4.67. The van der Waals surface area contributed by atoms with Crippen molar-refractivity contribution in [2.24, 2.45) is 0 Å². The highest BCUT2D eigenvalue weighted by Crippen LogP contribution is 2.43. The highest BCUT2D eigenvalue weighted by molar-refractivity contribution is 6.34. The first-order valence-corrected chi connectivity index (χ1v) is 4.91. The molecular weight excluding hydrogens is 234 g/mol. The van der Waals surface area contributed by atoms with Gasteiger partial charge in [0.05, 0.1) is 21.3 Å². The maximum Gasteiger partial charge on any atom is 0.183 e. The van der Waals surface area contributed by atoms with Gasteiger partial charge in [0.25, 0.3) is 0 Å². The van der Waals surface area contributed by atoms with E-state index in [4.69, 9.17) is 31.0 Å². The molecule has 0 unspecified atom stereocenters. The summed E-state index contributed by atoms with van der Waals surface area (Å²) in [6.45, 7) is 0.198. The van der Waals surface area contributed by atoms with Crippen LogP contribution < -0.4 is 19.7 Å². The first kappa shape index (κ1) is 12.9. The van der Waals surface area contributed by atoms with Crippen LogP contribution in [0.1, 0.15) is 5.56 Å². The number of hydrogen-bond acceptors (Lipinski definition) is 5. The highest BCUT2D eigenvalue weighted by Gasteiger charge is 2.18. The summed E-state index contributed by atoms with van der Waals surface area (Å²) in [6, 6.07) is 1.69. The summed E-state index contributed by atoms with van der Waals surface area (Å²) in [7, 11) is 4.50. The standard InChI is InChI=1S/C10H14ClNO4/c1-14-7-4-6(5-12-13)9(15-2)8(11)10(7)16-3/h4,12-13H,5H2,1-3H3. The first-order valence-electron chi connectivity index (χ1n) is 4.53. The molecule has 0 radical (unpaired) electrons. The predicted octanol–water partition coefficient (Wildman–Crippen LogP) is 1.84. The Morgan fingerprint density at radius 1 is 1.19 bits per heavy atom. The molecule has 0 saturated carbocycles. The Morgan fingerprint density at radius 3 is 2.25 bits per heavy atom. The molecule has 0 aromatic heterocycles. The molecule has 6 heteroatoms. The third kappa shape index (κ3) is 2.32. The topological polar surface area (TPSA) is 60.0 Å². The second kappa shape index (κ2) is 5.79. The molecule has 5 nitrogen and oxygen atoms in total. The molecule has 0 fully saturated rings. The number of rotatable bonds is 5. The lowest BCUT2D eigenvalue weighted by atomic mass is 10.1. The molecule has 1 aromatic carbocycles. The molecule has 16 heavy (non-hydrogen) atoms. The van der Waals surface area contributed by atoms with Gasteiger partial charge < -0.3 is 19.4 Å². The third-order valence-corrected chi connectivity index (χ3v) is 2.46. The Labute approximate surface area is 98.8 Å². The number of nitrogens with one attached hydrogen (secondary N) is 1. The summed E-state index contributed by atoms with van der Waals surface area (Å²) in [5, 5.41) is 9.01. The van der Waals surface area contributed by atoms with Crippen LogP contribution in [-0.4, -0.2) is 26.5 Å². The van der Waals surface area contributed by atoms with Crippen LogP contribution in [0.3, 0.4) is 0 Å². The van der Waals surface area contributed by atoms with Gasteiger partial charge in [-0.3, -0.25) is 0 Å². The second-order valence-electron chi connectivity index (χ2n) is 2.95. The zero-order chi connectivity index (χ0) is 12.1. The SMILES string of the molecule is COc1cc(CNO)c(OC)c(Cl)c1OC. The molecule has 90 valence electrons. The molecule has 0 atom stereocenters. The maximum absolute atomic E-state index is 8.70. The fourth-order valence-electron chi connectivity index (χ4n) is 1.42. The van der Waals surface area contributed by atoms with Gasteiger partial charge in [0.15, 0.2) is 11.5 Å². The van der Waals surface area contributed by atoms with E-state index >= 15 is 0 Å². The fraction of sp³-hybridized carbons (Fsp3) is 0.400. The maximum atomic E-state index is 8.70. The second-order valence-corrected chi connectivity index (χ2v) is 3.33. The van der Waals surface area contributed by atoms with Gasteiger partial charge in [0.2, 0.25) is 0 Å². The lowest BCUT2D eigenvalue weighted by molar-refractivity contribution is 0.160. The number of methoxy groups -OCH3 is 3. The summed E-state index contributed by atoms with van der Waals surface area (Å²) in [4.78, 5) is 0. The van der Waals surface area contributed by atoms with Crippen LogP contribution in [0.15, 0.2) is 6.07 Å². The Bertz CT molecular complexity index is 370. The van der Waals surface area contributed by atoms with Gasteiger partial charge in [-0.2, -0.15) is 0 Å². The van der Waals surface area contributed by atoms with Crippen molar-refractivity contribution in [1.82, 2.24) is 5.48 Å². The summed E-state index contributed by atoms with van der Waals surface area (Å²) in [5.41, 5.74) is 2.71. The molecule has 2 N–H and O–H groups in total. The molecule has 0 spiro atoms. The smallest absolute Gasteiger partial charge is 0.183 e. The molecule has 0 amide bonds. The van der Waals surface area contributed by atoms with E-state index in [0.29, 0.717) is 27.8 Å². The van der Waals surface area contributed by atoms with Crippen molar-refractivity contribution in [2.75, 3.05) is 21.3 Å². The van der Waals surface area contributed by atoms with Gasteiger partial charge in [0, 0.05) is 12.1 Å². The van der Waals surface area contributed by atoms with Gasteiger partial charge in [-0.15, -0.1) is 0 Å². The molecule has 1 aromatic rings. The van der Waals surface area contributed by atoms with Crippen LogP contribution in [-0.2, 0) is 6.54 Å². The van der Waals surface area contributed by atoms with E-state index < -0.39 is 0 Å². The largest absolute Gasteiger partial charge is 0.495 e. The van der Waals surface area contributed by atoms with Gasteiger partial charge in [-0.05, 0) is 6.07 Å². The minimum absolute atomic E-state index is 0.198. The molecule has 0 aliphatic carbocycles. The molecule has 1 rings (SSSR count). The normalized spacial score (nSPS) is 10.1. The summed E-state index contributed by atoms with van der Waals surface area (Å²) in [6.07, 6.45) is 0. The van der Waals surface area contributed by atoms with E-state index in [1.807, 2.05) is 5.48 Å². The quantitative estimate of drug-likeness (QED) is 0.778. The van der Waals surface area contributed by atoms with Crippen molar-refractivity contribution in [3.05, 3.63) is 16.7 Å². The van der Waals surface area contributed by atoms with Crippen LogP contribution in [0.5, 0.6) is 17.2 Å². The predicted molar refractivity (Wildman–Crippen MR) is 59.7 cm³/mol. The van der Waals surface area contributed by atoms with E-state index in [1.165, 1.54) is 21.3 Å². The Morgan fingerprint density at radius 2 is 1.81 bits per heavy atom. The van der Waals surface area contributed by atoms with Gasteiger partial charge in [-0.25, -0.2) is 5.48 Å². The lowest BCUT2D eigenvalue weighted by Gasteiger charge is -2.15. The Balaban J connectivity index is 3.35. The highest BCUT2D eigenvalue weighted by atomic mass is 35.5. The molecule has 0 saturated heterocycles. The number of halogens is 1. The molecule has 0 heterocycles. The lowest BCUT2D eigenvalue weighted by Crippen LogP contribution is -2.08. The third-order valence-electron chi connectivity index (χ3n) is 2.12. The van der Waals surface area contributed by atoms with Crippen molar-refractivity contribution in [3.8, 4) is 17.2 Å². The van der Waals surface area contributed by atoms with Gasteiger partial charge in [0.1, 0.15) is 10.8 Å². The summed E-state index contributed by atoms with van der Waals surface area (Å²) < 4.78 is 15.4. The number of benzene rings is 1. The van der Waals surface area contributed by atoms with Crippen LogP contribution in [0.25, 0.3) is 0 Å². The van der Waals surface area contributed by atoms with Crippen LogP contribution in [0, 0.1) is 0 Å². The van der Waals surface area contributed by atoms with Gasteiger partial charge >= 0.3 is 0 Å². The molecule has 0 aliphatic heterocycles. The van der Waals surface area contributed by atoms with Crippen molar-refractivity contribution in [3.63, 3.8) is 0 Å². The zero-order valence-corrected chi connectivity index (χ0v) is 10.1. The van der Waals surface area contributed by atoms with Crippen LogP contribution in [0.4, 0.5) is 0 Å². The fourth-order valence-corrected chi connectivity index (χ4v) is 1.79. The van der Waals surface area contributed by atoms with Crippen molar-refractivity contribution < 1.29 is 19.4 Å². The summed E-state index contributed by atoms with van der Waals surface area (Å²) in [5.74, 6) is 1.34. The average Bonchev–Trinajstić information content (AvgIpc) is 2.29. The van der Waals surface area contributed by atoms with E-state index in [2.05, 4.69) is 0 Å². The summed E-state index contributed by atoms with van der Waals surface area (Å²) >= 11 is 6.09. The monoisotopic (exact) mass is 247 g/mol. The number of hydroxylamine groups is 1. The molecular formula is C10H14ClNO4. The van der Waals surface area contributed by atoms with Crippen molar-refractivity contribution in [2.45, 2.75) is 6.54 Å². The molecule has 0 aliphatic rings. The Hall–Kier alpha value is -1.17. The van der Waals surface area contributed by atoms with Crippen molar-refractivity contribution in [1.29, 1.82) is 0 Å². The number of hydrogen-bond donors (Lipinski definition) is 2. The van der Waals surface area contributed by atoms with Crippen molar-refractivity contribution >= 4 is 11.6 Å². The van der Waals surface area contributed by atoms with Crippen LogP contribution in [0.2, 0.25) is 5.02 Å². The first-order chi connectivity index (χ1) is 7.69. The van der Waals surface area contributed by atoms with E-state index in [9.17, 15) is 0 Å².